The Balaban J connectivity index is 2.34. The van der Waals surface area contributed by atoms with Crippen LogP contribution in [0.2, 0.25) is 0 Å². The lowest BCUT2D eigenvalue weighted by molar-refractivity contribution is 1.37. The maximum atomic E-state index is 6.01. The van der Waals surface area contributed by atoms with Crippen molar-refractivity contribution in [3.05, 3.63) is 41.4 Å². The van der Waals surface area contributed by atoms with Gasteiger partial charge in [-0.1, -0.05) is 12.1 Å². The van der Waals surface area contributed by atoms with E-state index in [0.29, 0.717) is 5.82 Å². The van der Waals surface area contributed by atoms with Gasteiger partial charge in [0.05, 0.1) is 0 Å². The van der Waals surface area contributed by atoms with Gasteiger partial charge in [-0.05, 0) is 30.7 Å². The van der Waals surface area contributed by atoms with Crippen LogP contribution in [-0.2, 0) is 0 Å². The average Bonchev–Trinajstić information content (AvgIpc) is 2.68. The van der Waals surface area contributed by atoms with Gasteiger partial charge in [0.2, 0.25) is 0 Å². The Morgan fingerprint density at radius 3 is 2.50 bits per heavy atom. The van der Waals surface area contributed by atoms with Crippen LogP contribution in [0.5, 0.6) is 0 Å². The summed E-state index contributed by atoms with van der Waals surface area (Å²) < 4.78 is 1.17. The molecule has 3 aromatic rings. The highest BCUT2D eigenvalue weighted by Crippen LogP contribution is 2.40. The van der Waals surface area contributed by atoms with Crippen LogP contribution in [0.4, 0.5) is 11.5 Å². The number of fused-ring (bicyclic) bond motifs is 1. The molecule has 0 radical (unpaired) electrons. The number of pyridine rings is 1. The smallest absolute Gasteiger partial charge is 0.132 e. The average molecular weight is 255 g/mol. The van der Waals surface area contributed by atoms with Crippen molar-refractivity contribution in [1.82, 2.24) is 4.98 Å². The fourth-order valence-corrected chi connectivity index (χ4v) is 3.27. The molecule has 0 aliphatic carbocycles. The van der Waals surface area contributed by atoms with Gasteiger partial charge >= 0.3 is 0 Å². The first kappa shape index (κ1) is 11.0. The van der Waals surface area contributed by atoms with Crippen LogP contribution in [0.15, 0.2) is 36.5 Å². The van der Waals surface area contributed by atoms with Gasteiger partial charge in [0.1, 0.15) is 5.82 Å². The fourth-order valence-electron chi connectivity index (χ4n) is 2.19. The Labute approximate surface area is 109 Å². The zero-order chi connectivity index (χ0) is 12.7. The molecule has 3 nitrogen and oxygen atoms in total. The Morgan fingerprint density at radius 2 is 1.78 bits per heavy atom. The molecule has 0 saturated heterocycles. The quantitative estimate of drug-likeness (QED) is 0.655. The van der Waals surface area contributed by atoms with Crippen molar-refractivity contribution < 1.29 is 0 Å². The molecule has 0 bridgehead atoms. The number of benzene rings is 1. The molecule has 0 spiro atoms. The summed E-state index contributed by atoms with van der Waals surface area (Å²) in [6.45, 7) is 2.11. The first-order valence-electron chi connectivity index (χ1n) is 5.66. The van der Waals surface area contributed by atoms with Crippen molar-refractivity contribution in [2.24, 2.45) is 0 Å². The number of anilines is 2. The minimum Gasteiger partial charge on any atom is -0.399 e. The summed E-state index contributed by atoms with van der Waals surface area (Å²) in [5.74, 6) is 0.587. The molecule has 4 N–H and O–H groups in total. The number of hydrogen-bond acceptors (Lipinski definition) is 4. The lowest BCUT2D eigenvalue weighted by Crippen LogP contribution is -1.91. The maximum absolute atomic E-state index is 6.01. The van der Waals surface area contributed by atoms with Crippen molar-refractivity contribution in [3.63, 3.8) is 0 Å². The minimum atomic E-state index is 0.587. The van der Waals surface area contributed by atoms with Crippen molar-refractivity contribution >= 4 is 32.9 Å². The van der Waals surface area contributed by atoms with E-state index >= 15 is 0 Å². The summed E-state index contributed by atoms with van der Waals surface area (Å²) >= 11 is 1.74. The second-order valence-electron chi connectivity index (χ2n) is 4.22. The number of nitrogens with two attached hydrogens (primary N) is 2. The molecule has 2 aromatic heterocycles. The van der Waals surface area contributed by atoms with E-state index in [2.05, 4.69) is 11.9 Å². The van der Waals surface area contributed by atoms with Crippen LogP contribution in [0.3, 0.4) is 0 Å². The number of hydrogen-bond donors (Lipinski definition) is 2. The number of nitrogen functional groups attached to an aromatic ring is 2. The third-order valence-corrected chi connectivity index (χ3v) is 4.08. The minimum absolute atomic E-state index is 0.587. The molecule has 2 heterocycles. The number of rotatable bonds is 1. The highest BCUT2D eigenvalue weighted by Gasteiger charge is 2.13. The topological polar surface area (TPSA) is 64.9 Å². The van der Waals surface area contributed by atoms with Crippen molar-refractivity contribution in [3.8, 4) is 11.1 Å². The van der Waals surface area contributed by atoms with Gasteiger partial charge in [0, 0.05) is 32.4 Å². The number of aromatic nitrogens is 1. The molecule has 0 fully saturated rings. The van der Waals surface area contributed by atoms with E-state index < -0.39 is 0 Å². The highest BCUT2D eigenvalue weighted by molar-refractivity contribution is 7.19. The molecule has 3 rings (SSSR count). The molecule has 0 aliphatic heterocycles. The molecule has 0 atom stereocenters. The van der Waals surface area contributed by atoms with E-state index in [1.165, 1.54) is 15.1 Å². The fraction of sp³-hybridized carbons (Fsp3) is 0.0714. The Morgan fingerprint density at radius 1 is 1.06 bits per heavy atom. The Bertz CT molecular complexity index is 714. The lowest BCUT2D eigenvalue weighted by Gasteiger charge is -2.04. The summed E-state index contributed by atoms with van der Waals surface area (Å²) in [6, 6.07) is 9.87. The molecule has 4 heteroatoms. The monoisotopic (exact) mass is 255 g/mol. The van der Waals surface area contributed by atoms with Gasteiger partial charge in [-0.25, -0.2) is 4.98 Å². The standard InChI is InChI=1S/C14H13N3S/c1-8-12(9-2-4-10(15)5-3-9)13-11(18-8)6-7-17-14(13)16/h2-7H,15H2,1H3,(H2,16,17). The zero-order valence-electron chi connectivity index (χ0n) is 9.97. The highest BCUT2D eigenvalue weighted by atomic mass is 32.1. The zero-order valence-corrected chi connectivity index (χ0v) is 10.8. The third-order valence-electron chi connectivity index (χ3n) is 3.01. The van der Waals surface area contributed by atoms with E-state index in [1.54, 1.807) is 17.5 Å². The molecule has 0 aliphatic rings. The summed E-state index contributed by atoms with van der Waals surface area (Å²) in [5, 5.41) is 1.05. The van der Waals surface area contributed by atoms with Crippen LogP contribution < -0.4 is 11.5 Å². The van der Waals surface area contributed by atoms with Crippen molar-refractivity contribution in [2.75, 3.05) is 11.5 Å². The van der Waals surface area contributed by atoms with E-state index in [4.69, 9.17) is 11.5 Å². The first-order chi connectivity index (χ1) is 8.66. The summed E-state index contributed by atoms with van der Waals surface area (Å²) in [5.41, 5.74) is 14.8. The Hall–Kier alpha value is -2.07. The van der Waals surface area contributed by atoms with Crippen LogP contribution in [-0.4, -0.2) is 4.98 Å². The molecule has 0 amide bonds. The van der Waals surface area contributed by atoms with Crippen LogP contribution in [0.25, 0.3) is 21.2 Å². The maximum Gasteiger partial charge on any atom is 0.132 e. The lowest BCUT2D eigenvalue weighted by atomic mass is 10.0. The number of nitrogens with zero attached hydrogens (tertiary/aromatic N) is 1. The van der Waals surface area contributed by atoms with Gasteiger partial charge in [-0.2, -0.15) is 0 Å². The molecule has 0 saturated carbocycles. The van der Waals surface area contributed by atoms with E-state index in [-0.39, 0.29) is 0 Å². The first-order valence-corrected chi connectivity index (χ1v) is 6.48. The summed E-state index contributed by atoms with van der Waals surface area (Å²) in [4.78, 5) is 5.43. The summed E-state index contributed by atoms with van der Waals surface area (Å²) in [6.07, 6.45) is 1.75. The van der Waals surface area contributed by atoms with Gasteiger partial charge in [0.15, 0.2) is 0 Å². The second kappa shape index (κ2) is 3.99. The van der Waals surface area contributed by atoms with Gasteiger partial charge in [-0.15, -0.1) is 11.3 Å². The van der Waals surface area contributed by atoms with Crippen LogP contribution in [0.1, 0.15) is 4.88 Å². The number of thiophene rings is 1. The van der Waals surface area contributed by atoms with E-state index in [0.717, 1.165) is 16.6 Å². The predicted molar refractivity (Wildman–Crippen MR) is 78.6 cm³/mol. The molecule has 18 heavy (non-hydrogen) atoms. The second-order valence-corrected chi connectivity index (χ2v) is 5.48. The summed E-state index contributed by atoms with van der Waals surface area (Å²) in [7, 11) is 0. The van der Waals surface area contributed by atoms with E-state index in [9.17, 15) is 0 Å². The van der Waals surface area contributed by atoms with Gasteiger partial charge in [-0.3, -0.25) is 0 Å². The molecular formula is C14H13N3S. The predicted octanol–water partition coefficient (Wildman–Crippen LogP) is 3.44. The Kier molecular flexibility index (Phi) is 2.45. The van der Waals surface area contributed by atoms with E-state index in [1.807, 2.05) is 30.3 Å². The molecule has 1 aromatic carbocycles. The van der Waals surface area contributed by atoms with Gasteiger partial charge < -0.3 is 11.5 Å². The SMILES string of the molecule is Cc1sc2ccnc(N)c2c1-c1ccc(N)cc1. The largest absolute Gasteiger partial charge is 0.399 e. The van der Waals surface area contributed by atoms with Crippen molar-refractivity contribution in [1.29, 1.82) is 0 Å². The normalized spacial score (nSPS) is 10.9. The van der Waals surface area contributed by atoms with Crippen LogP contribution >= 0.6 is 11.3 Å². The third kappa shape index (κ3) is 1.62. The van der Waals surface area contributed by atoms with Gasteiger partial charge in [0.25, 0.3) is 0 Å². The van der Waals surface area contributed by atoms with Crippen LogP contribution in [0, 0.1) is 6.92 Å². The molecular weight excluding hydrogens is 242 g/mol. The molecule has 90 valence electrons. The van der Waals surface area contributed by atoms with Crippen molar-refractivity contribution in [2.45, 2.75) is 6.92 Å². The number of aryl methyl sites for hydroxylation is 1. The molecule has 0 unspecified atom stereocenters.